The number of aromatic nitrogens is 1. The lowest BCUT2D eigenvalue weighted by Gasteiger charge is -2.08. The van der Waals surface area contributed by atoms with E-state index < -0.39 is 0 Å². The summed E-state index contributed by atoms with van der Waals surface area (Å²) in [5, 5.41) is 3.17. The van der Waals surface area contributed by atoms with Crippen LogP contribution in [0.2, 0.25) is 0 Å². The zero-order valence-electron chi connectivity index (χ0n) is 11.5. The van der Waals surface area contributed by atoms with E-state index in [1.165, 1.54) is 5.56 Å². The van der Waals surface area contributed by atoms with Crippen LogP contribution in [0.3, 0.4) is 0 Å². The highest BCUT2D eigenvalue weighted by Gasteiger charge is 1.98. The van der Waals surface area contributed by atoms with Crippen LogP contribution < -0.4 is 10.1 Å². The topological polar surface area (TPSA) is 34.1 Å². The summed E-state index contributed by atoms with van der Waals surface area (Å²) in [6, 6.07) is 12.2. The average molecular weight is 256 g/mol. The first-order valence-corrected chi connectivity index (χ1v) is 6.72. The molecule has 1 aromatic carbocycles. The smallest absolute Gasteiger partial charge is 0.125 e. The predicted octanol–water partition coefficient (Wildman–Crippen LogP) is 3.65. The van der Waals surface area contributed by atoms with Crippen molar-refractivity contribution in [3.63, 3.8) is 0 Å². The molecule has 0 unspecified atom stereocenters. The van der Waals surface area contributed by atoms with Crippen molar-refractivity contribution in [3.05, 3.63) is 53.7 Å². The van der Waals surface area contributed by atoms with Gasteiger partial charge in [-0.3, -0.25) is 0 Å². The van der Waals surface area contributed by atoms with Gasteiger partial charge in [0.15, 0.2) is 0 Å². The van der Waals surface area contributed by atoms with Crippen LogP contribution in [0.15, 0.2) is 42.6 Å². The number of hydrogen-bond donors (Lipinski definition) is 1. The van der Waals surface area contributed by atoms with Gasteiger partial charge in [0.1, 0.15) is 18.2 Å². The minimum absolute atomic E-state index is 0.548. The van der Waals surface area contributed by atoms with Gasteiger partial charge < -0.3 is 10.1 Å². The van der Waals surface area contributed by atoms with Crippen molar-refractivity contribution in [2.75, 3.05) is 11.9 Å². The van der Waals surface area contributed by atoms with Crippen LogP contribution in [-0.2, 0) is 13.0 Å². The van der Waals surface area contributed by atoms with Crippen LogP contribution in [0.1, 0.15) is 25.0 Å². The second kappa shape index (κ2) is 6.78. The van der Waals surface area contributed by atoms with Crippen LogP contribution in [0, 0.1) is 0 Å². The Morgan fingerprint density at radius 3 is 2.68 bits per heavy atom. The fourth-order valence-electron chi connectivity index (χ4n) is 1.82. The molecule has 0 saturated carbocycles. The molecule has 0 aliphatic heterocycles. The van der Waals surface area contributed by atoms with E-state index in [1.807, 2.05) is 30.5 Å². The van der Waals surface area contributed by atoms with Crippen molar-refractivity contribution in [1.82, 2.24) is 4.98 Å². The summed E-state index contributed by atoms with van der Waals surface area (Å²) in [5.41, 5.74) is 2.36. The molecular formula is C16H20N2O. The average Bonchev–Trinajstić information content (AvgIpc) is 2.47. The van der Waals surface area contributed by atoms with Crippen molar-refractivity contribution >= 4 is 5.82 Å². The van der Waals surface area contributed by atoms with Gasteiger partial charge in [0.05, 0.1) is 0 Å². The fraction of sp³-hybridized carbons (Fsp3) is 0.312. The first-order chi connectivity index (χ1) is 9.31. The molecule has 2 aromatic rings. The third kappa shape index (κ3) is 3.98. The summed E-state index contributed by atoms with van der Waals surface area (Å²) in [6.07, 6.45) is 2.87. The summed E-state index contributed by atoms with van der Waals surface area (Å²) in [6.45, 7) is 5.63. The van der Waals surface area contributed by atoms with Gasteiger partial charge in [-0.15, -0.1) is 0 Å². The zero-order chi connectivity index (χ0) is 13.5. The van der Waals surface area contributed by atoms with Crippen molar-refractivity contribution in [2.24, 2.45) is 0 Å². The van der Waals surface area contributed by atoms with Gasteiger partial charge in [0.25, 0.3) is 0 Å². The maximum absolute atomic E-state index is 5.77. The molecule has 100 valence electrons. The molecule has 0 fully saturated rings. The fourth-order valence-corrected chi connectivity index (χ4v) is 1.82. The Hall–Kier alpha value is -2.03. The minimum atomic E-state index is 0.548. The Balaban J connectivity index is 1.94. The van der Waals surface area contributed by atoms with E-state index in [-0.39, 0.29) is 0 Å². The third-order valence-corrected chi connectivity index (χ3v) is 2.89. The normalized spacial score (nSPS) is 10.2. The monoisotopic (exact) mass is 256 g/mol. The van der Waals surface area contributed by atoms with Gasteiger partial charge >= 0.3 is 0 Å². The summed E-state index contributed by atoms with van der Waals surface area (Å²) in [7, 11) is 0. The number of hydrogen-bond acceptors (Lipinski definition) is 3. The Morgan fingerprint density at radius 2 is 2.00 bits per heavy atom. The van der Waals surface area contributed by atoms with E-state index in [0.29, 0.717) is 6.61 Å². The van der Waals surface area contributed by atoms with E-state index in [0.717, 1.165) is 30.1 Å². The third-order valence-electron chi connectivity index (χ3n) is 2.89. The Kier molecular flexibility index (Phi) is 4.78. The van der Waals surface area contributed by atoms with Crippen LogP contribution in [-0.4, -0.2) is 11.5 Å². The number of rotatable bonds is 6. The van der Waals surface area contributed by atoms with Crippen LogP contribution in [0.5, 0.6) is 5.75 Å². The summed E-state index contributed by atoms with van der Waals surface area (Å²) in [4.78, 5) is 4.32. The lowest BCUT2D eigenvalue weighted by atomic mass is 10.2. The van der Waals surface area contributed by atoms with E-state index in [2.05, 4.69) is 36.3 Å². The van der Waals surface area contributed by atoms with Crippen LogP contribution in [0.25, 0.3) is 0 Å². The molecule has 3 heteroatoms. The molecule has 3 nitrogen and oxygen atoms in total. The molecule has 2 rings (SSSR count). The number of aryl methyl sites for hydroxylation is 1. The molecule has 0 radical (unpaired) electrons. The zero-order valence-corrected chi connectivity index (χ0v) is 11.5. The lowest BCUT2D eigenvalue weighted by molar-refractivity contribution is 0.305. The number of pyridine rings is 1. The van der Waals surface area contributed by atoms with Crippen LogP contribution in [0.4, 0.5) is 5.82 Å². The first kappa shape index (κ1) is 13.4. The Bertz CT molecular complexity index is 508. The molecule has 0 saturated heterocycles. The maximum Gasteiger partial charge on any atom is 0.125 e. The Labute approximate surface area is 114 Å². The molecule has 1 aromatic heterocycles. The molecular weight excluding hydrogens is 236 g/mol. The molecule has 1 N–H and O–H groups in total. The summed E-state index contributed by atoms with van der Waals surface area (Å²) in [5.74, 6) is 1.81. The van der Waals surface area contributed by atoms with Crippen LogP contribution >= 0.6 is 0 Å². The number of nitrogens with zero attached hydrogens (tertiary/aromatic N) is 1. The van der Waals surface area contributed by atoms with E-state index >= 15 is 0 Å². The molecule has 0 atom stereocenters. The highest BCUT2D eigenvalue weighted by molar-refractivity contribution is 5.35. The molecule has 0 aliphatic carbocycles. The van der Waals surface area contributed by atoms with Gasteiger partial charge in [-0.2, -0.15) is 0 Å². The van der Waals surface area contributed by atoms with E-state index in [4.69, 9.17) is 4.74 Å². The predicted molar refractivity (Wildman–Crippen MR) is 78.6 cm³/mol. The summed E-state index contributed by atoms with van der Waals surface area (Å²) < 4.78 is 5.77. The Morgan fingerprint density at radius 1 is 1.11 bits per heavy atom. The number of anilines is 1. The molecule has 0 aliphatic rings. The second-order valence-electron chi connectivity index (χ2n) is 4.37. The van der Waals surface area contributed by atoms with Crippen molar-refractivity contribution in [3.8, 4) is 5.75 Å². The second-order valence-corrected chi connectivity index (χ2v) is 4.37. The van der Waals surface area contributed by atoms with E-state index in [1.54, 1.807) is 0 Å². The highest BCUT2D eigenvalue weighted by Crippen LogP contribution is 2.15. The molecule has 1 heterocycles. The van der Waals surface area contributed by atoms with Crippen molar-refractivity contribution in [2.45, 2.75) is 26.9 Å². The lowest BCUT2D eigenvalue weighted by Crippen LogP contribution is -2.01. The van der Waals surface area contributed by atoms with Gasteiger partial charge in [-0.1, -0.05) is 25.1 Å². The van der Waals surface area contributed by atoms with E-state index in [9.17, 15) is 0 Å². The van der Waals surface area contributed by atoms with Gasteiger partial charge in [-0.05, 0) is 37.1 Å². The minimum Gasteiger partial charge on any atom is -0.489 e. The van der Waals surface area contributed by atoms with Gasteiger partial charge in [-0.25, -0.2) is 4.98 Å². The highest BCUT2D eigenvalue weighted by atomic mass is 16.5. The first-order valence-electron chi connectivity index (χ1n) is 6.72. The van der Waals surface area contributed by atoms with Gasteiger partial charge in [0, 0.05) is 18.3 Å². The molecule has 0 bridgehead atoms. The quantitative estimate of drug-likeness (QED) is 0.856. The SMILES string of the molecule is CCNc1ccc(COc2cccc(CC)c2)cn1. The molecule has 0 spiro atoms. The number of ether oxygens (including phenoxy) is 1. The number of nitrogens with one attached hydrogen (secondary N) is 1. The van der Waals surface area contributed by atoms with Gasteiger partial charge in [0.2, 0.25) is 0 Å². The maximum atomic E-state index is 5.77. The summed E-state index contributed by atoms with van der Waals surface area (Å²) >= 11 is 0. The van der Waals surface area contributed by atoms with Crippen molar-refractivity contribution < 1.29 is 4.74 Å². The number of benzene rings is 1. The largest absolute Gasteiger partial charge is 0.489 e. The van der Waals surface area contributed by atoms with Crippen molar-refractivity contribution in [1.29, 1.82) is 0 Å². The molecule has 19 heavy (non-hydrogen) atoms. The standard InChI is InChI=1S/C16H20N2O/c1-3-13-6-5-7-15(10-13)19-12-14-8-9-16(17-4-2)18-11-14/h5-11H,3-4,12H2,1-2H3,(H,17,18). The molecule has 0 amide bonds.